The Balaban J connectivity index is 3.21. The molecule has 3 N–H and O–H groups in total. The van der Waals surface area contributed by atoms with Gasteiger partial charge in [0.2, 0.25) is 0 Å². The van der Waals surface area contributed by atoms with E-state index in [4.69, 9.17) is 9.79 Å². The van der Waals surface area contributed by atoms with Gasteiger partial charge in [-0.05, 0) is 49.9 Å². The van der Waals surface area contributed by atoms with Crippen molar-refractivity contribution in [1.82, 2.24) is 0 Å². The molecule has 6 nitrogen and oxygen atoms in total. The van der Waals surface area contributed by atoms with Gasteiger partial charge in [0.25, 0.3) is 0 Å². The molecule has 86 valence electrons. The lowest BCUT2D eigenvalue weighted by molar-refractivity contribution is -0.0741. The van der Waals surface area contributed by atoms with Gasteiger partial charge in [0.05, 0.1) is 5.56 Å². The summed E-state index contributed by atoms with van der Waals surface area (Å²) in [5.74, 6) is 0. The van der Waals surface area contributed by atoms with E-state index in [9.17, 15) is 14.2 Å². The van der Waals surface area contributed by atoms with Gasteiger partial charge in [-0.1, -0.05) is 6.07 Å². The molecule has 0 saturated heterocycles. The zero-order chi connectivity index (χ0) is 12.3. The van der Waals surface area contributed by atoms with E-state index in [1.807, 2.05) is 22.6 Å². The number of aliphatic hydroxyl groups is 1. The van der Waals surface area contributed by atoms with Crippen molar-refractivity contribution in [3.05, 3.63) is 33.4 Å². The lowest BCUT2D eigenvalue weighted by Crippen LogP contribution is -2.22. The maximum absolute atomic E-state index is 11.0. The predicted octanol–water partition coefficient (Wildman–Crippen LogP) is 1.79. The van der Waals surface area contributed by atoms with E-state index in [0.717, 1.165) is 0 Å². The Bertz CT molecular complexity index is 439. The van der Waals surface area contributed by atoms with Crippen molar-refractivity contribution in [1.29, 1.82) is 0 Å². The highest BCUT2D eigenvalue weighted by molar-refractivity contribution is 14.1. The molecule has 1 rings (SSSR count). The number of rotatable bonds is 4. The summed E-state index contributed by atoms with van der Waals surface area (Å²) in [7, 11) is -6.43. The predicted molar refractivity (Wildman–Crippen MR) is 63.8 cm³/mol. The van der Waals surface area contributed by atoms with Crippen LogP contribution < -0.4 is 0 Å². The van der Waals surface area contributed by atoms with Crippen molar-refractivity contribution < 1.29 is 28.5 Å². The molecule has 0 radical (unpaired) electrons. The Hall–Kier alpha value is -0.0100. The first-order chi connectivity index (χ1) is 7.36. The normalized spacial score (nSPS) is 16.5. The van der Waals surface area contributed by atoms with Gasteiger partial charge in [0, 0.05) is 8.14 Å². The topological polar surface area (TPSA) is 104 Å². The molecule has 0 fully saturated rings. The molecular weight excluding hydrogens is 369 g/mol. The smallest absolute Gasteiger partial charge is 0.317 e. The second kappa shape index (κ2) is 5.55. The highest BCUT2D eigenvalue weighted by Crippen LogP contribution is 2.48. The van der Waals surface area contributed by atoms with E-state index in [0.29, 0.717) is 3.57 Å². The zero-order valence-corrected chi connectivity index (χ0v) is 11.6. The molecule has 0 bridgehead atoms. The Kier molecular flexibility index (Phi) is 4.88. The van der Waals surface area contributed by atoms with Gasteiger partial charge < -0.3 is 5.11 Å². The molecule has 1 aromatic carbocycles. The summed E-state index contributed by atoms with van der Waals surface area (Å²) in [6.07, 6.45) is 0. The van der Waals surface area contributed by atoms with Crippen LogP contribution in [-0.4, -0.2) is 14.9 Å². The maximum atomic E-state index is 11.0. The van der Waals surface area contributed by atoms with Gasteiger partial charge in [-0.15, -0.1) is 4.89 Å². The van der Waals surface area contributed by atoms with Crippen LogP contribution in [0.4, 0.5) is 0 Å². The molecule has 0 aromatic heterocycles. The fourth-order valence-corrected chi connectivity index (χ4v) is 2.71. The molecule has 1 aromatic rings. The minimum atomic E-state index is -3.23. The van der Waals surface area contributed by atoms with E-state index >= 15 is 0 Å². The fraction of sp³-hybridized carbons (Fsp3) is 0.143. The van der Waals surface area contributed by atoms with Crippen LogP contribution in [0.15, 0.2) is 24.3 Å². The summed E-state index contributed by atoms with van der Waals surface area (Å²) in [4.78, 5) is 17.5. The second-order valence-electron chi connectivity index (χ2n) is 2.72. The lowest BCUT2D eigenvalue weighted by atomic mass is 10.2. The quantitative estimate of drug-likeness (QED) is 0.421. The Morgan fingerprint density at radius 2 is 1.94 bits per heavy atom. The van der Waals surface area contributed by atoms with Gasteiger partial charge in [-0.2, -0.15) is 4.89 Å². The van der Waals surface area contributed by atoms with Crippen molar-refractivity contribution >= 4 is 38.9 Å². The SMILES string of the molecule is O=[P+](O)OC(O)(c1cccc(I)c1)[P+](=O)O. The molecule has 0 saturated carbocycles. The van der Waals surface area contributed by atoms with Crippen molar-refractivity contribution in [2.75, 3.05) is 0 Å². The van der Waals surface area contributed by atoms with Gasteiger partial charge in [0.15, 0.2) is 0 Å². The average molecular weight is 376 g/mol. The maximum Gasteiger partial charge on any atom is 0.702 e. The van der Waals surface area contributed by atoms with Crippen LogP contribution in [0, 0.1) is 3.57 Å². The van der Waals surface area contributed by atoms with Crippen LogP contribution in [0.3, 0.4) is 0 Å². The summed E-state index contributed by atoms with van der Waals surface area (Å²) in [5, 5.41) is 9.75. The molecule has 16 heavy (non-hydrogen) atoms. The van der Waals surface area contributed by atoms with Crippen LogP contribution in [0.25, 0.3) is 0 Å². The van der Waals surface area contributed by atoms with Crippen molar-refractivity contribution in [2.45, 2.75) is 5.53 Å². The van der Waals surface area contributed by atoms with Crippen LogP contribution in [-0.2, 0) is 19.2 Å². The zero-order valence-electron chi connectivity index (χ0n) is 7.65. The molecular formula is C7H7IO6P2+2. The van der Waals surface area contributed by atoms with Gasteiger partial charge in [-0.3, -0.25) is 0 Å². The third-order valence-electron chi connectivity index (χ3n) is 1.67. The largest absolute Gasteiger partial charge is 0.702 e. The fourth-order valence-electron chi connectivity index (χ4n) is 0.998. The van der Waals surface area contributed by atoms with E-state index in [1.165, 1.54) is 18.2 Å². The molecule has 0 amide bonds. The highest BCUT2D eigenvalue weighted by atomic mass is 127. The molecule has 0 aliphatic rings. The van der Waals surface area contributed by atoms with Gasteiger partial charge in [-0.25, -0.2) is 0 Å². The Labute approximate surface area is 106 Å². The minimum absolute atomic E-state index is 0.0552. The number of hydrogen-bond acceptors (Lipinski definition) is 4. The number of hydrogen-bond donors (Lipinski definition) is 3. The molecule has 0 aliphatic heterocycles. The van der Waals surface area contributed by atoms with E-state index in [-0.39, 0.29) is 5.56 Å². The van der Waals surface area contributed by atoms with Crippen LogP contribution in [0.1, 0.15) is 5.56 Å². The average Bonchev–Trinajstić information content (AvgIpc) is 2.16. The summed E-state index contributed by atoms with van der Waals surface area (Å²) in [6, 6.07) is 5.91. The van der Waals surface area contributed by atoms with Crippen LogP contribution in [0.2, 0.25) is 0 Å². The third-order valence-corrected chi connectivity index (χ3v) is 3.77. The highest BCUT2D eigenvalue weighted by Gasteiger charge is 2.59. The van der Waals surface area contributed by atoms with Crippen LogP contribution in [0.5, 0.6) is 0 Å². The molecule has 9 heteroatoms. The summed E-state index contributed by atoms with van der Waals surface area (Å²) >= 11 is 1.92. The van der Waals surface area contributed by atoms with E-state index in [2.05, 4.69) is 4.52 Å². The van der Waals surface area contributed by atoms with Crippen molar-refractivity contribution in [3.8, 4) is 0 Å². The Morgan fingerprint density at radius 3 is 2.38 bits per heavy atom. The van der Waals surface area contributed by atoms with Crippen molar-refractivity contribution in [3.63, 3.8) is 0 Å². The van der Waals surface area contributed by atoms with Gasteiger partial charge >= 0.3 is 21.8 Å². The van der Waals surface area contributed by atoms with Gasteiger partial charge in [0.1, 0.15) is 0 Å². The van der Waals surface area contributed by atoms with Crippen LogP contribution >= 0.6 is 38.9 Å². The monoisotopic (exact) mass is 376 g/mol. The van der Waals surface area contributed by atoms with Crippen molar-refractivity contribution in [2.24, 2.45) is 0 Å². The molecule has 0 spiro atoms. The standard InChI is InChI=1S/C7H5IO6P2/c8-6-3-1-2-5(4-6)7(9,15(10)11)14-16(12)13/h1-4,9H/p+2. The third kappa shape index (κ3) is 3.24. The molecule has 0 aliphatic carbocycles. The first kappa shape index (κ1) is 14.1. The summed E-state index contributed by atoms with van der Waals surface area (Å²) < 4.78 is 26.4. The van der Waals surface area contributed by atoms with E-state index in [1.54, 1.807) is 6.07 Å². The number of benzene rings is 1. The Morgan fingerprint density at radius 1 is 1.31 bits per heavy atom. The summed E-state index contributed by atoms with van der Waals surface area (Å²) in [6.45, 7) is 0. The first-order valence-electron chi connectivity index (χ1n) is 3.86. The first-order valence-corrected chi connectivity index (χ1v) is 7.28. The molecule has 3 atom stereocenters. The molecule has 3 unspecified atom stereocenters. The summed E-state index contributed by atoms with van der Waals surface area (Å²) in [5.41, 5.74) is -2.72. The number of halogens is 1. The second-order valence-corrected chi connectivity index (χ2v) is 5.78. The lowest BCUT2D eigenvalue weighted by Gasteiger charge is -2.08. The van der Waals surface area contributed by atoms with E-state index < -0.39 is 21.8 Å². The molecule has 0 heterocycles. The minimum Gasteiger partial charge on any atom is -0.317 e.